The SMILES string of the molecule is Cc1nn(C)c(=O)c(-c2nc(CN3CCN(CC(=O)N4CCOCC4)CC3)cs2)c1C. The number of ether oxygens (including phenoxy) is 1. The Kier molecular flexibility index (Phi) is 6.80. The minimum Gasteiger partial charge on any atom is -0.378 e. The smallest absolute Gasteiger partial charge is 0.277 e. The van der Waals surface area contributed by atoms with Gasteiger partial charge in [0.2, 0.25) is 5.91 Å². The lowest BCUT2D eigenvalue weighted by molar-refractivity contribution is -0.136. The number of amides is 1. The van der Waals surface area contributed by atoms with Crippen molar-refractivity contribution >= 4 is 17.2 Å². The lowest BCUT2D eigenvalue weighted by Gasteiger charge is -2.35. The van der Waals surface area contributed by atoms with Crippen LogP contribution in [0.25, 0.3) is 10.6 Å². The van der Waals surface area contributed by atoms with Crippen LogP contribution in [0.4, 0.5) is 0 Å². The van der Waals surface area contributed by atoms with Crippen LogP contribution in [0.2, 0.25) is 0 Å². The molecular formula is C21H30N6O3S. The van der Waals surface area contributed by atoms with Crippen LogP contribution in [0.1, 0.15) is 17.0 Å². The van der Waals surface area contributed by atoms with E-state index in [-0.39, 0.29) is 11.5 Å². The number of nitrogens with zero attached hydrogens (tertiary/aromatic N) is 6. The summed E-state index contributed by atoms with van der Waals surface area (Å²) in [5.74, 6) is 0.200. The van der Waals surface area contributed by atoms with Crippen LogP contribution >= 0.6 is 11.3 Å². The zero-order valence-corrected chi connectivity index (χ0v) is 19.3. The standard InChI is InChI=1S/C21H30N6O3S/c1-15-16(2)23-24(3)21(29)19(15)20-22-17(14-31-20)12-25-4-6-26(7-5-25)13-18(28)27-8-10-30-11-9-27/h14H,4-13H2,1-3H3. The Balaban J connectivity index is 1.33. The van der Waals surface area contributed by atoms with Gasteiger partial charge < -0.3 is 9.64 Å². The average Bonchev–Trinajstić information content (AvgIpc) is 3.22. The Labute approximate surface area is 186 Å². The highest BCUT2D eigenvalue weighted by Crippen LogP contribution is 2.25. The van der Waals surface area contributed by atoms with Crippen LogP contribution in [-0.4, -0.2) is 94.4 Å². The van der Waals surface area contributed by atoms with E-state index in [9.17, 15) is 9.59 Å². The highest BCUT2D eigenvalue weighted by atomic mass is 32.1. The van der Waals surface area contributed by atoms with E-state index in [1.54, 1.807) is 7.05 Å². The van der Waals surface area contributed by atoms with Crippen molar-refractivity contribution in [1.82, 2.24) is 29.5 Å². The summed E-state index contributed by atoms with van der Waals surface area (Å²) in [7, 11) is 1.68. The van der Waals surface area contributed by atoms with E-state index in [1.165, 1.54) is 16.0 Å². The number of piperazine rings is 1. The fourth-order valence-electron chi connectivity index (χ4n) is 4.03. The number of hydrogen-bond donors (Lipinski definition) is 0. The van der Waals surface area contributed by atoms with Crippen molar-refractivity contribution in [2.45, 2.75) is 20.4 Å². The van der Waals surface area contributed by atoms with Crippen molar-refractivity contribution < 1.29 is 9.53 Å². The van der Waals surface area contributed by atoms with Gasteiger partial charge in [-0.05, 0) is 19.4 Å². The maximum absolute atomic E-state index is 12.6. The second kappa shape index (κ2) is 9.56. The van der Waals surface area contributed by atoms with Crippen LogP contribution in [-0.2, 0) is 23.1 Å². The van der Waals surface area contributed by atoms with E-state index >= 15 is 0 Å². The van der Waals surface area contributed by atoms with Crippen molar-refractivity contribution in [3.05, 3.63) is 32.7 Å². The maximum Gasteiger partial charge on any atom is 0.277 e. The second-order valence-corrected chi connectivity index (χ2v) is 9.06. The first-order chi connectivity index (χ1) is 14.9. The third kappa shape index (κ3) is 5.03. The first-order valence-corrected chi connectivity index (χ1v) is 11.6. The van der Waals surface area contributed by atoms with Gasteiger partial charge in [-0.1, -0.05) is 0 Å². The van der Waals surface area contributed by atoms with E-state index < -0.39 is 0 Å². The monoisotopic (exact) mass is 446 g/mol. The summed E-state index contributed by atoms with van der Waals surface area (Å²) in [5.41, 5.74) is 3.26. The lowest BCUT2D eigenvalue weighted by atomic mass is 10.1. The molecule has 2 saturated heterocycles. The molecule has 4 heterocycles. The molecule has 0 N–H and O–H groups in total. The van der Waals surface area contributed by atoms with Gasteiger partial charge in [0.15, 0.2) is 0 Å². The van der Waals surface area contributed by atoms with E-state index in [1.807, 2.05) is 24.1 Å². The highest BCUT2D eigenvalue weighted by Gasteiger charge is 2.24. The van der Waals surface area contributed by atoms with Gasteiger partial charge in [0, 0.05) is 58.2 Å². The van der Waals surface area contributed by atoms with Gasteiger partial charge in [-0.25, -0.2) is 9.67 Å². The molecule has 0 saturated carbocycles. The van der Waals surface area contributed by atoms with Gasteiger partial charge in [0.25, 0.3) is 5.56 Å². The Bertz CT molecular complexity index is 989. The zero-order valence-electron chi connectivity index (χ0n) is 18.5. The molecule has 0 unspecified atom stereocenters. The number of rotatable bonds is 5. The summed E-state index contributed by atoms with van der Waals surface area (Å²) in [6, 6.07) is 0. The van der Waals surface area contributed by atoms with Gasteiger partial charge in [-0.2, -0.15) is 5.10 Å². The van der Waals surface area contributed by atoms with Crippen LogP contribution < -0.4 is 5.56 Å². The fraction of sp³-hybridized carbons (Fsp3) is 0.619. The second-order valence-electron chi connectivity index (χ2n) is 8.20. The van der Waals surface area contributed by atoms with E-state index in [2.05, 4.69) is 14.9 Å². The molecule has 0 bridgehead atoms. The summed E-state index contributed by atoms with van der Waals surface area (Å²) < 4.78 is 6.71. The average molecular weight is 447 g/mol. The van der Waals surface area contributed by atoms with Crippen molar-refractivity contribution in [3.63, 3.8) is 0 Å². The first kappa shape index (κ1) is 22.1. The third-order valence-electron chi connectivity index (χ3n) is 6.06. The molecule has 0 atom stereocenters. The molecule has 0 radical (unpaired) electrons. The summed E-state index contributed by atoms with van der Waals surface area (Å²) in [6.45, 7) is 11.3. The predicted molar refractivity (Wildman–Crippen MR) is 119 cm³/mol. The number of carbonyl (C=O) groups is 1. The predicted octanol–water partition coefficient (Wildman–Crippen LogP) is 0.497. The number of aromatic nitrogens is 3. The van der Waals surface area contributed by atoms with Crippen LogP contribution in [0.15, 0.2) is 10.2 Å². The fourth-order valence-corrected chi connectivity index (χ4v) is 4.94. The van der Waals surface area contributed by atoms with Crippen molar-refractivity contribution in [2.75, 3.05) is 59.0 Å². The van der Waals surface area contributed by atoms with Crippen molar-refractivity contribution in [3.8, 4) is 10.6 Å². The summed E-state index contributed by atoms with van der Waals surface area (Å²) in [6.07, 6.45) is 0. The molecule has 2 fully saturated rings. The Morgan fingerprint density at radius 1 is 1.10 bits per heavy atom. The number of thiazole rings is 1. The Morgan fingerprint density at radius 2 is 1.77 bits per heavy atom. The molecule has 4 rings (SSSR count). The molecule has 0 aliphatic carbocycles. The first-order valence-electron chi connectivity index (χ1n) is 10.7. The summed E-state index contributed by atoms with van der Waals surface area (Å²) >= 11 is 1.51. The number of carbonyl (C=O) groups excluding carboxylic acids is 1. The molecule has 2 aliphatic heterocycles. The van der Waals surface area contributed by atoms with Crippen LogP contribution in [0.3, 0.4) is 0 Å². The normalized spacial score (nSPS) is 18.5. The molecule has 2 aromatic heterocycles. The van der Waals surface area contributed by atoms with Gasteiger partial charge in [-0.15, -0.1) is 11.3 Å². The molecule has 2 aliphatic rings. The number of morpholine rings is 1. The van der Waals surface area contributed by atoms with Gasteiger partial charge in [0.1, 0.15) is 5.01 Å². The molecule has 0 spiro atoms. The molecular weight excluding hydrogens is 416 g/mol. The summed E-state index contributed by atoms with van der Waals surface area (Å²) in [5, 5.41) is 7.05. The minimum atomic E-state index is -0.109. The molecule has 9 nitrogen and oxygen atoms in total. The van der Waals surface area contributed by atoms with E-state index in [0.29, 0.717) is 38.4 Å². The Morgan fingerprint density at radius 3 is 2.48 bits per heavy atom. The third-order valence-corrected chi connectivity index (χ3v) is 6.97. The number of aryl methyl sites for hydroxylation is 2. The quantitative estimate of drug-likeness (QED) is 0.661. The van der Waals surface area contributed by atoms with Gasteiger partial charge >= 0.3 is 0 Å². The minimum absolute atomic E-state index is 0.109. The summed E-state index contributed by atoms with van der Waals surface area (Å²) in [4.78, 5) is 36.3. The van der Waals surface area contributed by atoms with Gasteiger partial charge in [0.05, 0.1) is 36.7 Å². The van der Waals surface area contributed by atoms with Crippen molar-refractivity contribution in [1.29, 1.82) is 0 Å². The Hall–Kier alpha value is -2.14. The van der Waals surface area contributed by atoms with Gasteiger partial charge in [-0.3, -0.25) is 19.4 Å². The van der Waals surface area contributed by atoms with Crippen molar-refractivity contribution in [2.24, 2.45) is 7.05 Å². The lowest BCUT2D eigenvalue weighted by Crippen LogP contribution is -2.51. The highest BCUT2D eigenvalue weighted by molar-refractivity contribution is 7.13. The molecule has 31 heavy (non-hydrogen) atoms. The van der Waals surface area contributed by atoms with E-state index in [0.717, 1.165) is 54.7 Å². The van der Waals surface area contributed by atoms with Crippen LogP contribution in [0.5, 0.6) is 0 Å². The van der Waals surface area contributed by atoms with Crippen LogP contribution in [0, 0.1) is 13.8 Å². The molecule has 1 amide bonds. The molecule has 168 valence electrons. The molecule has 10 heteroatoms. The molecule has 2 aromatic rings. The number of hydrogen-bond acceptors (Lipinski definition) is 8. The van der Waals surface area contributed by atoms with E-state index in [4.69, 9.17) is 9.72 Å². The zero-order chi connectivity index (χ0) is 22.0. The largest absolute Gasteiger partial charge is 0.378 e. The maximum atomic E-state index is 12.6. The topological polar surface area (TPSA) is 83.8 Å². The molecule has 0 aromatic carbocycles.